The predicted molar refractivity (Wildman–Crippen MR) is 161 cm³/mol. The third-order valence-electron chi connectivity index (χ3n) is 6.61. The average molecular weight is 602 g/mol. The number of pyridine rings is 1. The Morgan fingerprint density at radius 2 is 1.59 bits per heavy atom. The van der Waals surface area contributed by atoms with E-state index in [-0.39, 0.29) is 29.3 Å². The number of piperazine rings is 1. The lowest BCUT2D eigenvalue weighted by molar-refractivity contribution is -0.385. The van der Waals surface area contributed by atoms with Gasteiger partial charge in [-0.2, -0.15) is 0 Å². The van der Waals surface area contributed by atoms with Gasteiger partial charge in [-0.05, 0) is 42.0 Å². The van der Waals surface area contributed by atoms with E-state index in [1.54, 1.807) is 58.3 Å². The predicted octanol–water partition coefficient (Wildman–Crippen LogP) is 6.55. The fourth-order valence-corrected chi connectivity index (χ4v) is 5.03. The summed E-state index contributed by atoms with van der Waals surface area (Å²) in [4.78, 5) is 41.5. The minimum Gasteiger partial charge on any atom is -0.362 e. The first-order valence-corrected chi connectivity index (χ1v) is 13.5. The van der Waals surface area contributed by atoms with Crippen molar-refractivity contribution >= 4 is 51.4 Å². The number of amides is 1. The highest BCUT2D eigenvalue weighted by molar-refractivity contribution is 6.42. The number of carbonyl (C=O) groups excluding carboxylic acids is 1. The zero-order valence-corrected chi connectivity index (χ0v) is 24.2. The van der Waals surface area contributed by atoms with E-state index in [2.05, 4.69) is 0 Å². The monoisotopic (exact) mass is 601 g/mol. The van der Waals surface area contributed by atoms with Gasteiger partial charge in [0, 0.05) is 37.1 Å². The highest BCUT2D eigenvalue weighted by Crippen LogP contribution is 2.34. The van der Waals surface area contributed by atoms with E-state index < -0.39 is 22.0 Å². The zero-order chi connectivity index (χ0) is 29.0. The van der Waals surface area contributed by atoms with Gasteiger partial charge in [-0.15, -0.1) is 0 Å². The molecule has 5 rings (SSSR count). The molecule has 1 fully saturated rings. The number of nitro groups is 1. The maximum Gasteiger partial charge on any atom is 0.357 e. The molecule has 9 nitrogen and oxygen atoms in total. The fraction of sp³-hybridized carbons (Fsp3) is 0.241. The van der Waals surface area contributed by atoms with Gasteiger partial charge in [-0.1, -0.05) is 67.4 Å². The molecule has 3 N–H and O–H groups in total. The molecular formula is C29H30Cl2FN5O4. The molecule has 1 aromatic heterocycles. The van der Waals surface area contributed by atoms with Gasteiger partial charge < -0.3 is 16.0 Å². The van der Waals surface area contributed by atoms with Gasteiger partial charge in [0.15, 0.2) is 0 Å². The fourth-order valence-electron chi connectivity index (χ4n) is 4.73. The molecule has 1 aliphatic heterocycles. The van der Waals surface area contributed by atoms with Gasteiger partial charge in [-0.25, -0.2) is 4.39 Å². The number of aromatic nitrogens is 1. The Bertz CT molecular complexity index is 1620. The lowest BCUT2D eigenvalue weighted by Gasteiger charge is -2.36. The van der Waals surface area contributed by atoms with Crippen molar-refractivity contribution in [2.75, 3.05) is 31.1 Å². The quantitative estimate of drug-likeness (QED) is 0.204. The lowest BCUT2D eigenvalue weighted by Crippen LogP contribution is -2.49. The number of hydrogen-bond donors (Lipinski definition) is 1. The number of rotatable bonds is 5. The summed E-state index contributed by atoms with van der Waals surface area (Å²) >= 11 is 12.0. The van der Waals surface area contributed by atoms with Crippen LogP contribution in [0, 0.1) is 15.9 Å². The molecule has 3 aromatic carbocycles. The molecule has 1 saturated heterocycles. The Hall–Kier alpha value is -3.99. The summed E-state index contributed by atoms with van der Waals surface area (Å²) in [6, 6.07) is 17.3. The molecule has 216 valence electrons. The first-order chi connectivity index (χ1) is 19.2. The molecule has 1 amide bonds. The number of fused-ring (bicyclic) bond motifs is 1. The smallest absolute Gasteiger partial charge is 0.357 e. The second-order valence-corrected chi connectivity index (χ2v) is 9.71. The highest BCUT2D eigenvalue weighted by atomic mass is 35.5. The van der Waals surface area contributed by atoms with Crippen LogP contribution in [-0.2, 0) is 6.54 Å². The molecule has 2 heterocycles. The van der Waals surface area contributed by atoms with Crippen LogP contribution in [0.1, 0.15) is 29.8 Å². The summed E-state index contributed by atoms with van der Waals surface area (Å²) in [5.74, 6) is -0.638. The van der Waals surface area contributed by atoms with Crippen LogP contribution in [0.5, 0.6) is 0 Å². The molecule has 0 bridgehead atoms. The van der Waals surface area contributed by atoms with E-state index in [0.717, 1.165) is 0 Å². The number of hydrogen-bond acceptors (Lipinski definition) is 6. The molecule has 1 aliphatic rings. The number of anilines is 1. The Kier molecular flexibility index (Phi) is 10.4. The Labute approximate surface area is 246 Å². The molecule has 12 heteroatoms. The van der Waals surface area contributed by atoms with Crippen molar-refractivity contribution in [3.8, 4) is 0 Å². The van der Waals surface area contributed by atoms with Gasteiger partial charge in [0.2, 0.25) is 0 Å². The Morgan fingerprint density at radius 1 is 0.951 bits per heavy atom. The number of para-hydroxylation sites is 1. The minimum absolute atomic E-state index is 0. The second-order valence-electron chi connectivity index (χ2n) is 8.90. The second kappa shape index (κ2) is 13.6. The standard InChI is InChI=1S/C27H21Cl2FN4O4.C2H6.H3N/c28-21-10-7-18(15-22(21)29)26(35)32-13-11-31(12-14-32)24-20-3-1-2-4-23(20)33(27(36)25(24)34(37)38)16-17-5-8-19(30)9-6-17;1-2;/h1-10,15H,11-14,16H2;1-2H3;1H3. The number of nitrogens with zero attached hydrogens (tertiary/aromatic N) is 4. The topological polar surface area (TPSA) is 124 Å². The van der Waals surface area contributed by atoms with Crippen molar-refractivity contribution in [1.29, 1.82) is 0 Å². The van der Waals surface area contributed by atoms with Crippen molar-refractivity contribution in [3.63, 3.8) is 0 Å². The molecule has 0 saturated carbocycles. The van der Waals surface area contributed by atoms with Crippen LogP contribution in [0.4, 0.5) is 15.8 Å². The van der Waals surface area contributed by atoms with Crippen LogP contribution >= 0.6 is 23.2 Å². The molecule has 41 heavy (non-hydrogen) atoms. The van der Waals surface area contributed by atoms with Crippen LogP contribution < -0.4 is 16.6 Å². The third-order valence-corrected chi connectivity index (χ3v) is 7.35. The molecule has 0 spiro atoms. The maximum absolute atomic E-state index is 13.5. The largest absolute Gasteiger partial charge is 0.362 e. The molecule has 0 atom stereocenters. The molecule has 0 radical (unpaired) electrons. The van der Waals surface area contributed by atoms with Crippen LogP contribution in [-0.4, -0.2) is 46.5 Å². The van der Waals surface area contributed by atoms with E-state index in [1.165, 1.54) is 22.8 Å². The van der Waals surface area contributed by atoms with E-state index in [1.807, 2.05) is 13.8 Å². The molecular weight excluding hydrogens is 572 g/mol. The first kappa shape index (κ1) is 31.5. The minimum atomic E-state index is -0.748. The summed E-state index contributed by atoms with van der Waals surface area (Å²) in [6.07, 6.45) is 0. The molecule has 4 aromatic rings. The van der Waals surface area contributed by atoms with Crippen LogP contribution in [0.15, 0.2) is 71.5 Å². The summed E-state index contributed by atoms with van der Waals surface area (Å²) < 4.78 is 14.7. The lowest BCUT2D eigenvalue weighted by atomic mass is 10.1. The number of halogens is 3. The van der Waals surface area contributed by atoms with Gasteiger partial charge in [0.1, 0.15) is 11.5 Å². The Morgan fingerprint density at radius 3 is 2.20 bits per heavy atom. The molecule has 0 aliphatic carbocycles. The van der Waals surface area contributed by atoms with Crippen molar-refractivity contribution in [2.45, 2.75) is 20.4 Å². The zero-order valence-electron chi connectivity index (χ0n) is 22.6. The van der Waals surface area contributed by atoms with Crippen LogP contribution in [0.25, 0.3) is 10.9 Å². The molecule has 0 unspecified atom stereocenters. The van der Waals surface area contributed by atoms with Crippen LogP contribution in [0.3, 0.4) is 0 Å². The van der Waals surface area contributed by atoms with E-state index in [0.29, 0.717) is 53.2 Å². The maximum atomic E-state index is 13.5. The third kappa shape index (κ3) is 6.51. The van der Waals surface area contributed by atoms with E-state index >= 15 is 0 Å². The number of benzene rings is 3. The van der Waals surface area contributed by atoms with Crippen molar-refractivity contribution in [2.24, 2.45) is 0 Å². The Balaban J connectivity index is 0.00000151. The first-order valence-electron chi connectivity index (χ1n) is 12.8. The van der Waals surface area contributed by atoms with Crippen LogP contribution in [0.2, 0.25) is 10.0 Å². The van der Waals surface area contributed by atoms with Crippen molar-refractivity contribution in [3.05, 3.63) is 114 Å². The summed E-state index contributed by atoms with van der Waals surface area (Å²) in [6.45, 7) is 5.22. The average Bonchev–Trinajstić information content (AvgIpc) is 2.97. The van der Waals surface area contributed by atoms with E-state index in [9.17, 15) is 24.1 Å². The number of carbonyl (C=O) groups is 1. The van der Waals surface area contributed by atoms with Gasteiger partial charge in [-0.3, -0.25) is 24.3 Å². The van der Waals surface area contributed by atoms with Gasteiger partial charge in [0.25, 0.3) is 5.91 Å². The normalized spacial score (nSPS) is 12.8. The SMILES string of the molecule is CC.N.O=C(c1ccc(Cl)c(Cl)c1)N1CCN(c2c([N+](=O)[O-])c(=O)n(Cc3ccc(F)cc3)c3ccccc23)CC1. The summed E-state index contributed by atoms with van der Waals surface area (Å²) in [5, 5.41) is 13.4. The summed E-state index contributed by atoms with van der Waals surface area (Å²) in [5.41, 5.74) is 0.504. The van der Waals surface area contributed by atoms with E-state index in [4.69, 9.17) is 23.2 Å². The summed E-state index contributed by atoms with van der Waals surface area (Å²) in [7, 11) is 0. The van der Waals surface area contributed by atoms with Gasteiger partial charge in [0.05, 0.1) is 27.0 Å². The highest BCUT2D eigenvalue weighted by Gasteiger charge is 2.32. The van der Waals surface area contributed by atoms with Gasteiger partial charge >= 0.3 is 11.2 Å². The van der Waals surface area contributed by atoms with Crippen molar-refractivity contribution in [1.82, 2.24) is 15.6 Å². The van der Waals surface area contributed by atoms with Crippen molar-refractivity contribution < 1.29 is 14.1 Å².